The molecule has 0 aliphatic carbocycles. The number of ether oxygens (including phenoxy) is 1. The first-order valence-corrected chi connectivity index (χ1v) is 9.64. The molecular weight excluding hydrogens is 338 g/mol. The summed E-state index contributed by atoms with van der Waals surface area (Å²) < 4.78 is 5.74. The Balaban J connectivity index is 1.75. The van der Waals surface area contributed by atoms with E-state index >= 15 is 0 Å². The van der Waals surface area contributed by atoms with Crippen LogP contribution in [-0.2, 0) is 0 Å². The number of carbonyl (C=O) groups excluding carboxylic acids is 1. The number of benzene rings is 2. The monoisotopic (exact) mass is 369 g/mol. The summed E-state index contributed by atoms with van der Waals surface area (Å²) in [4.78, 5) is 14.4. The van der Waals surface area contributed by atoms with Crippen molar-refractivity contribution in [1.82, 2.24) is 5.32 Å². The zero-order valence-electron chi connectivity index (χ0n) is 16.8. The molecule has 0 saturated heterocycles. The molecule has 5 nitrogen and oxygen atoms in total. The Morgan fingerprint density at radius 1 is 1.04 bits per heavy atom. The molecule has 0 fully saturated rings. The Morgan fingerprint density at radius 3 is 2.44 bits per heavy atom. The van der Waals surface area contributed by atoms with Crippen molar-refractivity contribution >= 4 is 17.4 Å². The van der Waals surface area contributed by atoms with Crippen molar-refractivity contribution in [3.05, 3.63) is 53.6 Å². The van der Waals surface area contributed by atoms with E-state index in [0.29, 0.717) is 13.2 Å². The van der Waals surface area contributed by atoms with E-state index in [1.807, 2.05) is 50.2 Å². The lowest BCUT2D eigenvalue weighted by molar-refractivity contribution is 0.250. The predicted octanol–water partition coefficient (Wildman–Crippen LogP) is 4.74. The van der Waals surface area contributed by atoms with Crippen molar-refractivity contribution in [2.75, 3.05) is 36.5 Å². The number of hydrogen-bond donors (Lipinski definition) is 2. The SMILES string of the molecule is CCN(CC)c1ccc(NC(=O)NCCCOc2ccccc2C)c(C)c1. The smallest absolute Gasteiger partial charge is 0.319 e. The molecule has 2 aromatic carbocycles. The second-order valence-electron chi connectivity index (χ2n) is 6.52. The predicted molar refractivity (Wildman–Crippen MR) is 113 cm³/mol. The van der Waals surface area contributed by atoms with E-state index in [1.54, 1.807) is 0 Å². The van der Waals surface area contributed by atoms with Gasteiger partial charge in [-0.15, -0.1) is 0 Å². The van der Waals surface area contributed by atoms with Crippen molar-refractivity contribution in [3.8, 4) is 5.75 Å². The van der Waals surface area contributed by atoms with E-state index in [9.17, 15) is 4.79 Å². The van der Waals surface area contributed by atoms with Crippen LogP contribution in [0.4, 0.5) is 16.2 Å². The summed E-state index contributed by atoms with van der Waals surface area (Å²) in [6.07, 6.45) is 0.752. The van der Waals surface area contributed by atoms with Gasteiger partial charge in [0.1, 0.15) is 5.75 Å². The van der Waals surface area contributed by atoms with Crippen molar-refractivity contribution in [2.24, 2.45) is 0 Å². The normalized spacial score (nSPS) is 10.4. The second kappa shape index (κ2) is 10.5. The molecule has 0 radical (unpaired) electrons. The summed E-state index contributed by atoms with van der Waals surface area (Å²) in [5.74, 6) is 0.894. The number of nitrogens with one attached hydrogen (secondary N) is 2. The highest BCUT2D eigenvalue weighted by Crippen LogP contribution is 2.22. The topological polar surface area (TPSA) is 53.6 Å². The molecule has 0 aliphatic rings. The molecule has 2 N–H and O–H groups in total. The molecule has 146 valence electrons. The van der Waals surface area contributed by atoms with E-state index in [2.05, 4.69) is 35.4 Å². The van der Waals surface area contributed by atoms with E-state index in [0.717, 1.165) is 42.1 Å². The minimum absolute atomic E-state index is 0.190. The lowest BCUT2D eigenvalue weighted by Crippen LogP contribution is -2.30. The van der Waals surface area contributed by atoms with Crippen LogP contribution in [0.15, 0.2) is 42.5 Å². The van der Waals surface area contributed by atoms with Gasteiger partial charge in [-0.2, -0.15) is 0 Å². The van der Waals surface area contributed by atoms with E-state index in [1.165, 1.54) is 5.69 Å². The lowest BCUT2D eigenvalue weighted by Gasteiger charge is -2.22. The van der Waals surface area contributed by atoms with Crippen LogP contribution in [0.3, 0.4) is 0 Å². The molecule has 0 aromatic heterocycles. The summed E-state index contributed by atoms with van der Waals surface area (Å²) in [5.41, 5.74) is 4.18. The van der Waals surface area contributed by atoms with Gasteiger partial charge in [0.05, 0.1) is 6.61 Å². The van der Waals surface area contributed by atoms with Gasteiger partial charge in [0.25, 0.3) is 0 Å². The first kappa shape index (κ1) is 20.6. The molecular formula is C22H31N3O2. The quantitative estimate of drug-likeness (QED) is 0.628. The minimum atomic E-state index is -0.190. The molecule has 0 atom stereocenters. The lowest BCUT2D eigenvalue weighted by atomic mass is 10.1. The fraction of sp³-hybridized carbons (Fsp3) is 0.409. The first-order chi connectivity index (χ1) is 13.0. The molecule has 2 aromatic rings. The van der Waals surface area contributed by atoms with Gasteiger partial charge in [0, 0.05) is 31.0 Å². The highest BCUT2D eigenvalue weighted by atomic mass is 16.5. The molecule has 0 unspecified atom stereocenters. The molecule has 0 saturated carbocycles. The van der Waals surface area contributed by atoms with Gasteiger partial charge in [-0.05, 0) is 69.5 Å². The number of amides is 2. The number of aryl methyl sites for hydroxylation is 2. The third kappa shape index (κ3) is 6.20. The number of hydrogen-bond acceptors (Lipinski definition) is 3. The Hall–Kier alpha value is -2.69. The highest BCUT2D eigenvalue weighted by Gasteiger charge is 2.07. The highest BCUT2D eigenvalue weighted by molar-refractivity contribution is 5.90. The molecule has 2 amide bonds. The zero-order valence-corrected chi connectivity index (χ0v) is 16.8. The Kier molecular flexibility index (Phi) is 7.99. The Bertz CT molecular complexity index is 742. The summed E-state index contributed by atoms with van der Waals surface area (Å²) in [6, 6.07) is 13.9. The van der Waals surface area contributed by atoms with Crippen molar-refractivity contribution < 1.29 is 9.53 Å². The third-order valence-electron chi connectivity index (χ3n) is 4.54. The van der Waals surface area contributed by atoms with Gasteiger partial charge in [-0.1, -0.05) is 18.2 Å². The van der Waals surface area contributed by atoms with Crippen LogP contribution in [0, 0.1) is 13.8 Å². The van der Waals surface area contributed by atoms with Crippen LogP contribution >= 0.6 is 0 Å². The van der Waals surface area contributed by atoms with Gasteiger partial charge in [-0.3, -0.25) is 0 Å². The summed E-state index contributed by atoms with van der Waals surface area (Å²) in [5, 5.41) is 5.80. The van der Waals surface area contributed by atoms with Crippen LogP contribution in [0.1, 0.15) is 31.4 Å². The molecule has 0 bridgehead atoms. The zero-order chi connectivity index (χ0) is 19.6. The van der Waals surface area contributed by atoms with E-state index in [4.69, 9.17) is 4.74 Å². The number of para-hydroxylation sites is 1. The fourth-order valence-electron chi connectivity index (χ4n) is 2.91. The number of nitrogens with zero attached hydrogens (tertiary/aromatic N) is 1. The van der Waals surface area contributed by atoms with Crippen LogP contribution in [0.2, 0.25) is 0 Å². The van der Waals surface area contributed by atoms with Gasteiger partial charge in [0.2, 0.25) is 0 Å². The van der Waals surface area contributed by atoms with Gasteiger partial charge in [-0.25, -0.2) is 4.79 Å². The van der Waals surface area contributed by atoms with Crippen molar-refractivity contribution in [3.63, 3.8) is 0 Å². The Labute approximate surface area is 162 Å². The van der Waals surface area contributed by atoms with Crippen molar-refractivity contribution in [1.29, 1.82) is 0 Å². The molecule has 2 rings (SSSR count). The minimum Gasteiger partial charge on any atom is -0.493 e. The average Bonchev–Trinajstić information content (AvgIpc) is 2.66. The van der Waals surface area contributed by atoms with Gasteiger partial charge < -0.3 is 20.3 Å². The first-order valence-electron chi connectivity index (χ1n) is 9.64. The second-order valence-corrected chi connectivity index (χ2v) is 6.52. The number of anilines is 2. The van der Waals surface area contributed by atoms with E-state index < -0.39 is 0 Å². The third-order valence-corrected chi connectivity index (χ3v) is 4.54. The number of rotatable bonds is 9. The summed E-state index contributed by atoms with van der Waals surface area (Å²) in [7, 11) is 0. The maximum Gasteiger partial charge on any atom is 0.319 e. The van der Waals surface area contributed by atoms with Crippen LogP contribution < -0.4 is 20.3 Å². The van der Waals surface area contributed by atoms with Crippen molar-refractivity contribution in [2.45, 2.75) is 34.1 Å². The van der Waals surface area contributed by atoms with E-state index in [-0.39, 0.29) is 6.03 Å². The number of carbonyl (C=O) groups is 1. The molecule has 0 aliphatic heterocycles. The maximum absolute atomic E-state index is 12.1. The van der Waals surface area contributed by atoms with Crippen LogP contribution in [0.5, 0.6) is 5.75 Å². The molecule has 27 heavy (non-hydrogen) atoms. The molecule has 0 heterocycles. The van der Waals surface area contributed by atoms with Crippen LogP contribution in [-0.4, -0.2) is 32.3 Å². The van der Waals surface area contributed by atoms with Gasteiger partial charge >= 0.3 is 6.03 Å². The summed E-state index contributed by atoms with van der Waals surface area (Å²) in [6.45, 7) is 11.4. The van der Waals surface area contributed by atoms with Gasteiger partial charge in [0.15, 0.2) is 0 Å². The largest absolute Gasteiger partial charge is 0.493 e. The number of urea groups is 1. The van der Waals surface area contributed by atoms with Crippen LogP contribution in [0.25, 0.3) is 0 Å². The summed E-state index contributed by atoms with van der Waals surface area (Å²) >= 11 is 0. The standard InChI is InChI=1S/C22H31N3O2/c1-5-25(6-2)19-12-13-20(18(4)16-19)24-22(26)23-14-9-15-27-21-11-8-7-10-17(21)3/h7-8,10-13,16H,5-6,9,14-15H2,1-4H3,(H2,23,24,26). The average molecular weight is 370 g/mol. The molecule has 5 heteroatoms. The molecule has 0 spiro atoms. The maximum atomic E-state index is 12.1. The Morgan fingerprint density at radius 2 is 1.78 bits per heavy atom. The fourth-order valence-corrected chi connectivity index (χ4v) is 2.91.